The lowest BCUT2D eigenvalue weighted by Gasteiger charge is -2.17. The molecular formula is C21H27NO2S. The van der Waals surface area contributed by atoms with Crippen LogP contribution in [0.4, 0.5) is 0 Å². The van der Waals surface area contributed by atoms with Crippen molar-refractivity contribution in [3.05, 3.63) is 65.2 Å². The lowest BCUT2D eigenvalue weighted by Crippen LogP contribution is -2.39. The number of ether oxygens (including phenoxy) is 1. The lowest BCUT2D eigenvalue weighted by molar-refractivity contribution is -0.127. The molecule has 0 saturated carbocycles. The third-order valence-electron chi connectivity index (χ3n) is 4.03. The molecule has 134 valence electrons. The molecule has 1 N–H and O–H groups in total. The van der Waals surface area contributed by atoms with Crippen molar-refractivity contribution in [3.8, 4) is 5.75 Å². The predicted octanol–water partition coefficient (Wildman–Crippen LogP) is 4.51. The van der Waals surface area contributed by atoms with Gasteiger partial charge in [-0.25, -0.2) is 0 Å². The number of amides is 1. The monoisotopic (exact) mass is 357 g/mol. The summed E-state index contributed by atoms with van der Waals surface area (Å²) in [4.78, 5) is 12.3. The van der Waals surface area contributed by atoms with Crippen LogP contribution >= 0.6 is 11.8 Å². The van der Waals surface area contributed by atoms with Gasteiger partial charge in [-0.15, -0.1) is 0 Å². The molecular weight excluding hydrogens is 330 g/mol. The number of rotatable bonds is 9. The van der Waals surface area contributed by atoms with E-state index in [-0.39, 0.29) is 5.91 Å². The average molecular weight is 358 g/mol. The summed E-state index contributed by atoms with van der Waals surface area (Å²) in [6.07, 6.45) is 0.208. The minimum Gasteiger partial charge on any atom is -0.481 e. The molecule has 2 aromatic rings. The van der Waals surface area contributed by atoms with Crippen LogP contribution in [0.25, 0.3) is 0 Å². The first-order chi connectivity index (χ1) is 12.1. The maximum Gasteiger partial charge on any atom is 0.261 e. The summed E-state index contributed by atoms with van der Waals surface area (Å²) in [5, 5.41) is 2.98. The number of aryl methyl sites for hydroxylation is 2. The van der Waals surface area contributed by atoms with E-state index in [0.29, 0.717) is 13.0 Å². The van der Waals surface area contributed by atoms with Crippen molar-refractivity contribution in [2.45, 2.75) is 39.0 Å². The van der Waals surface area contributed by atoms with E-state index in [1.807, 2.05) is 49.9 Å². The summed E-state index contributed by atoms with van der Waals surface area (Å²) in [7, 11) is 0. The van der Waals surface area contributed by atoms with Crippen LogP contribution < -0.4 is 10.1 Å². The van der Waals surface area contributed by atoms with Gasteiger partial charge in [0.25, 0.3) is 5.91 Å². The van der Waals surface area contributed by atoms with E-state index < -0.39 is 6.10 Å². The molecule has 1 atom stereocenters. The highest BCUT2D eigenvalue weighted by molar-refractivity contribution is 7.98. The molecule has 0 fully saturated rings. The molecule has 1 amide bonds. The zero-order valence-corrected chi connectivity index (χ0v) is 16.1. The first-order valence-electron chi connectivity index (χ1n) is 8.73. The molecule has 0 saturated heterocycles. The molecule has 2 aromatic carbocycles. The quantitative estimate of drug-likeness (QED) is 0.671. The number of benzene rings is 2. The molecule has 0 aromatic heterocycles. The normalized spacial score (nSPS) is 11.8. The zero-order chi connectivity index (χ0) is 18.1. The number of nitrogens with one attached hydrogen (secondary N) is 1. The Labute approximate surface area is 155 Å². The van der Waals surface area contributed by atoms with Crippen LogP contribution in [0.15, 0.2) is 48.5 Å². The molecule has 3 nitrogen and oxygen atoms in total. The molecule has 0 aliphatic carbocycles. The second kappa shape index (κ2) is 10.1. The largest absolute Gasteiger partial charge is 0.481 e. The fourth-order valence-electron chi connectivity index (χ4n) is 2.42. The fraction of sp³-hybridized carbons (Fsp3) is 0.381. The lowest BCUT2D eigenvalue weighted by atomic mass is 10.1. The first-order valence-corrected chi connectivity index (χ1v) is 9.89. The summed E-state index contributed by atoms with van der Waals surface area (Å²) in [5.74, 6) is 2.56. The van der Waals surface area contributed by atoms with Crippen LogP contribution in [0.2, 0.25) is 0 Å². The van der Waals surface area contributed by atoms with E-state index in [0.717, 1.165) is 17.3 Å². The number of carbonyl (C=O) groups excluding carboxylic acids is 1. The van der Waals surface area contributed by atoms with Crippen LogP contribution in [0.1, 0.15) is 30.0 Å². The van der Waals surface area contributed by atoms with Gasteiger partial charge in [0.15, 0.2) is 6.10 Å². The van der Waals surface area contributed by atoms with Crippen LogP contribution in [0, 0.1) is 13.8 Å². The Morgan fingerprint density at radius 1 is 1.12 bits per heavy atom. The highest BCUT2D eigenvalue weighted by Crippen LogP contribution is 2.16. The van der Waals surface area contributed by atoms with Gasteiger partial charge in [0.1, 0.15) is 5.75 Å². The number of carbonyl (C=O) groups is 1. The third kappa shape index (κ3) is 6.46. The molecule has 0 heterocycles. The van der Waals surface area contributed by atoms with Crippen molar-refractivity contribution in [2.75, 3.05) is 12.3 Å². The summed E-state index contributed by atoms with van der Waals surface area (Å²) in [5.41, 5.74) is 3.85. The number of hydrogen-bond donors (Lipinski definition) is 1. The van der Waals surface area contributed by atoms with Crippen LogP contribution in [-0.2, 0) is 10.5 Å². The van der Waals surface area contributed by atoms with Crippen molar-refractivity contribution >= 4 is 17.7 Å². The highest BCUT2D eigenvalue weighted by atomic mass is 32.2. The van der Waals surface area contributed by atoms with Gasteiger partial charge >= 0.3 is 0 Å². The van der Waals surface area contributed by atoms with Gasteiger partial charge in [0.05, 0.1) is 0 Å². The van der Waals surface area contributed by atoms with Crippen LogP contribution in [0.3, 0.4) is 0 Å². The first kappa shape index (κ1) is 19.4. The van der Waals surface area contributed by atoms with Gasteiger partial charge in [-0.2, -0.15) is 11.8 Å². The Hall–Kier alpha value is -1.94. The SMILES string of the molecule is CC[C@H](Oc1ccc(C)cc1)C(=O)NCCSCc1ccccc1C. The summed E-state index contributed by atoms with van der Waals surface area (Å²) in [6.45, 7) is 6.78. The molecule has 0 radical (unpaired) electrons. The van der Waals surface area contributed by atoms with Gasteiger partial charge in [0.2, 0.25) is 0 Å². The second-order valence-electron chi connectivity index (χ2n) is 6.10. The maximum atomic E-state index is 12.3. The van der Waals surface area contributed by atoms with Crippen LogP contribution in [-0.4, -0.2) is 24.3 Å². The Morgan fingerprint density at radius 3 is 2.52 bits per heavy atom. The van der Waals surface area contributed by atoms with Crippen molar-refractivity contribution in [3.63, 3.8) is 0 Å². The van der Waals surface area contributed by atoms with E-state index >= 15 is 0 Å². The smallest absolute Gasteiger partial charge is 0.261 e. The van der Waals surface area contributed by atoms with Gasteiger partial charge < -0.3 is 10.1 Å². The van der Waals surface area contributed by atoms with Crippen molar-refractivity contribution < 1.29 is 9.53 Å². The Morgan fingerprint density at radius 2 is 1.84 bits per heavy atom. The van der Waals surface area contributed by atoms with Crippen molar-refractivity contribution in [1.29, 1.82) is 0 Å². The highest BCUT2D eigenvalue weighted by Gasteiger charge is 2.17. The summed E-state index contributed by atoms with van der Waals surface area (Å²) in [6, 6.07) is 16.2. The standard InChI is InChI=1S/C21H27NO2S/c1-4-20(24-19-11-9-16(2)10-12-19)21(23)22-13-14-25-15-18-8-6-5-7-17(18)3/h5-12,20H,4,13-15H2,1-3H3,(H,22,23)/t20-/m0/s1. The molecule has 25 heavy (non-hydrogen) atoms. The Bertz CT molecular complexity index is 670. The number of thioether (sulfide) groups is 1. The van der Waals surface area contributed by atoms with Gasteiger partial charge in [-0.1, -0.05) is 48.9 Å². The molecule has 0 spiro atoms. The van der Waals surface area contributed by atoms with E-state index in [9.17, 15) is 4.79 Å². The molecule has 0 bridgehead atoms. The Kier molecular flexibility index (Phi) is 7.86. The van der Waals surface area contributed by atoms with Crippen LogP contribution in [0.5, 0.6) is 5.75 Å². The van der Waals surface area contributed by atoms with Gasteiger partial charge in [-0.3, -0.25) is 4.79 Å². The van der Waals surface area contributed by atoms with E-state index in [2.05, 4.69) is 36.5 Å². The fourth-order valence-corrected chi connectivity index (χ4v) is 3.35. The third-order valence-corrected chi connectivity index (χ3v) is 5.03. The minimum absolute atomic E-state index is 0.0421. The molecule has 0 unspecified atom stereocenters. The summed E-state index contributed by atoms with van der Waals surface area (Å²) < 4.78 is 5.80. The van der Waals surface area contributed by atoms with Gasteiger partial charge in [-0.05, 0) is 43.5 Å². The predicted molar refractivity (Wildman–Crippen MR) is 106 cm³/mol. The zero-order valence-electron chi connectivity index (χ0n) is 15.2. The topological polar surface area (TPSA) is 38.3 Å². The molecule has 0 aliphatic rings. The molecule has 0 aliphatic heterocycles. The van der Waals surface area contributed by atoms with E-state index in [4.69, 9.17) is 4.74 Å². The summed E-state index contributed by atoms with van der Waals surface area (Å²) >= 11 is 1.83. The van der Waals surface area contributed by atoms with Crippen molar-refractivity contribution in [1.82, 2.24) is 5.32 Å². The minimum atomic E-state index is -0.441. The molecule has 2 rings (SSSR count). The average Bonchev–Trinajstić information content (AvgIpc) is 2.62. The second-order valence-corrected chi connectivity index (χ2v) is 7.20. The Balaban J connectivity index is 1.71. The maximum absolute atomic E-state index is 12.3. The van der Waals surface area contributed by atoms with Crippen molar-refractivity contribution in [2.24, 2.45) is 0 Å². The molecule has 4 heteroatoms. The van der Waals surface area contributed by atoms with E-state index in [1.54, 1.807) is 0 Å². The van der Waals surface area contributed by atoms with E-state index in [1.165, 1.54) is 16.7 Å². The number of hydrogen-bond acceptors (Lipinski definition) is 3. The van der Waals surface area contributed by atoms with Gasteiger partial charge in [0, 0.05) is 18.1 Å².